The van der Waals surface area contributed by atoms with Crippen molar-refractivity contribution in [3.8, 4) is 0 Å². The molecule has 0 aromatic rings. The van der Waals surface area contributed by atoms with E-state index in [2.05, 4.69) is 18.2 Å². The molecule has 0 spiro atoms. The molecule has 0 heterocycles. The van der Waals surface area contributed by atoms with Crippen LogP contribution in [0, 0.1) is 0 Å². The van der Waals surface area contributed by atoms with Crippen LogP contribution < -0.4 is 0 Å². The molecule has 0 aliphatic heterocycles. The van der Waals surface area contributed by atoms with Crippen molar-refractivity contribution in [3.05, 3.63) is 12.7 Å². The predicted octanol–water partition coefficient (Wildman–Crippen LogP) is 5.24. The van der Waals surface area contributed by atoms with Crippen molar-refractivity contribution >= 4 is 6.16 Å². The van der Waals surface area contributed by atoms with Crippen molar-refractivity contribution < 1.29 is 14.3 Å². The zero-order valence-electron chi connectivity index (χ0n) is 12.7. The summed E-state index contributed by atoms with van der Waals surface area (Å²) in [5.41, 5.74) is 0. The molecule has 0 fully saturated rings. The fourth-order valence-corrected chi connectivity index (χ4v) is 2.10. The predicted molar refractivity (Wildman–Crippen MR) is 79.3 cm³/mol. The van der Waals surface area contributed by atoms with E-state index in [4.69, 9.17) is 4.74 Å². The number of carbonyl (C=O) groups excluding carboxylic acids is 1. The zero-order valence-corrected chi connectivity index (χ0v) is 12.7. The Morgan fingerprint density at radius 2 is 1.68 bits per heavy atom. The van der Waals surface area contributed by atoms with Crippen molar-refractivity contribution in [1.29, 1.82) is 0 Å². The maximum absolute atomic E-state index is 11.1. The van der Waals surface area contributed by atoms with E-state index < -0.39 is 6.16 Å². The average molecular weight is 270 g/mol. The minimum atomic E-state index is -0.591. The summed E-state index contributed by atoms with van der Waals surface area (Å²) in [6.07, 6.45) is 13.0. The van der Waals surface area contributed by atoms with Gasteiger partial charge in [0.25, 0.3) is 0 Å². The van der Waals surface area contributed by atoms with Crippen LogP contribution in [0.3, 0.4) is 0 Å². The van der Waals surface area contributed by atoms with Crippen molar-refractivity contribution in [3.63, 3.8) is 0 Å². The highest BCUT2D eigenvalue weighted by Gasteiger charge is 2.12. The highest BCUT2D eigenvalue weighted by molar-refractivity contribution is 5.59. The van der Waals surface area contributed by atoms with Crippen LogP contribution in [-0.4, -0.2) is 19.4 Å². The van der Waals surface area contributed by atoms with Crippen molar-refractivity contribution in [2.24, 2.45) is 0 Å². The van der Waals surface area contributed by atoms with E-state index in [1.807, 2.05) is 0 Å². The van der Waals surface area contributed by atoms with Gasteiger partial charge in [0.15, 0.2) is 0 Å². The van der Waals surface area contributed by atoms with Crippen LogP contribution in [0.15, 0.2) is 12.7 Å². The molecular formula is C16H30O3. The Morgan fingerprint density at radius 1 is 1.11 bits per heavy atom. The molecule has 0 rings (SSSR count). The van der Waals surface area contributed by atoms with Crippen molar-refractivity contribution in [2.45, 2.75) is 77.2 Å². The first-order valence-electron chi connectivity index (χ1n) is 7.60. The summed E-state index contributed by atoms with van der Waals surface area (Å²) < 4.78 is 9.68. The van der Waals surface area contributed by atoms with Gasteiger partial charge in [0.2, 0.25) is 0 Å². The van der Waals surface area contributed by atoms with Crippen LogP contribution in [0.25, 0.3) is 0 Å². The van der Waals surface area contributed by atoms with E-state index in [9.17, 15) is 4.79 Å². The second-order valence-corrected chi connectivity index (χ2v) is 4.98. The monoisotopic (exact) mass is 270 g/mol. The van der Waals surface area contributed by atoms with E-state index in [0.29, 0.717) is 6.42 Å². The summed E-state index contributed by atoms with van der Waals surface area (Å²) in [6, 6.07) is 0. The fraction of sp³-hybridized carbons (Fsp3) is 0.812. The van der Waals surface area contributed by atoms with Crippen LogP contribution in [0.4, 0.5) is 4.79 Å². The Kier molecular flexibility index (Phi) is 12.7. The number of hydrogen-bond acceptors (Lipinski definition) is 3. The zero-order chi connectivity index (χ0) is 14.3. The van der Waals surface area contributed by atoms with Gasteiger partial charge in [-0.1, -0.05) is 57.9 Å². The molecule has 0 saturated heterocycles. The maximum Gasteiger partial charge on any atom is 0.508 e. The third-order valence-electron chi connectivity index (χ3n) is 3.24. The van der Waals surface area contributed by atoms with Gasteiger partial charge < -0.3 is 9.47 Å². The quantitative estimate of drug-likeness (QED) is 0.276. The molecule has 0 aliphatic rings. The van der Waals surface area contributed by atoms with Crippen LogP contribution in [0.2, 0.25) is 0 Å². The van der Waals surface area contributed by atoms with Crippen LogP contribution >= 0.6 is 0 Å². The first kappa shape index (κ1) is 18.0. The van der Waals surface area contributed by atoms with E-state index in [1.165, 1.54) is 52.1 Å². The molecule has 3 nitrogen and oxygen atoms in total. The molecule has 0 saturated carbocycles. The molecule has 0 bridgehead atoms. The highest BCUT2D eigenvalue weighted by Crippen LogP contribution is 2.14. The second kappa shape index (κ2) is 13.4. The summed E-state index contributed by atoms with van der Waals surface area (Å²) in [5.74, 6) is 0. The van der Waals surface area contributed by atoms with Crippen LogP contribution in [-0.2, 0) is 9.47 Å². The number of rotatable bonds is 12. The Hall–Kier alpha value is -0.990. The molecular weight excluding hydrogens is 240 g/mol. The molecule has 0 radical (unpaired) electrons. The summed E-state index contributed by atoms with van der Waals surface area (Å²) in [6.45, 7) is 5.92. The molecule has 1 atom stereocenters. The second-order valence-electron chi connectivity index (χ2n) is 4.98. The van der Waals surface area contributed by atoms with Gasteiger partial charge in [0.1, 0.15) is 6.10 Å². The molecule has 0 amide bonds. The molecule has 3 heteroatoms. The van der Waals surface area contributed by atoms with E-state index in [0.717, 1.165) is 12.8 Å². The standard InChI is InChI=1S/C16H30O3/c1-4-6-7-8-9-10-11-12-14-15(13-5-2)19-16(17)18-3/h5,15H,2,4,6-14H2,1,3H3. The Bertz CT molecular complexity index is 226. The van der Waals surface area contributed by atoms with E-state index >= 15 is 0 Å². The van der Waals surface area contributed by atoms with Gasteiger partial charge in [-0.05, 0) is 12.8 Å². The molecule has 0 aliphatic carbocycles. The van der Waals surface area contributed by atoms with Gasteiger partial charge in [-0.3, -0.25) is 0 Å². The first-order valence-corrected chi connectivity index (χ1v) is 7.60. The number of ether oxygens (including phenoxy) is 2. The largest absolute Gasteiger partial charge is 0.508 e. The fourth-order valence-electron chi connectivity index (χ4n) is 2.10. The molecule has 1 unspecified atom stereocenters. The lowest BCUT2D eigenvalue weighted by atomic mass is 10.0. The highest BCUT2D eigenvalue weighted by atomic mass is 16.7. The molecule has 0 aromatic carbocycles. The molecule has 112 valence electrons. The number of methoxy groups -OCH3 is 1. The Morgan fingerprint density at radius 3 is 2.21 bits per heavy atom. The summed E-state index contributed by atoms with van der Waals surface area (Å²) in [4.78, 5) is 11.1. The third-order valence-corrected chi connectivity index (χ3v) is 3.24. The lowest BCUT2D eigenvalue weighted by Gasteiger charge is -2.15. The lowest BCUT2D eigenvalue weighted by molar-refractivity contribution is 0.0340. The topological polar surface area (TPSA) is 35.5 Å². The third kappa shape index (κ3) is 11.8. The smallest absolute Gasteiger partial charge is 0.438 e. The van der Waals surface area contributed by atoms with E-state index in [-0.39, 0.29) is 6.10 Å². The van der Waals surface area contributed by atoms with Gasteiger partial charge in [-0.25, -0.2) is 4.79 Å². The minimum absolute atomic E-state index is 0.0787. The van der Waals surface area contributed by atoms with Crippen molar-refractivity contribution in [1.82, 2.24) is 0 Å². The van der Waals surface area contributed by atoms with Crippen molar-refractivity contribution in [2.75, 3.05) is 7.11 Å². The SMILES string of the molecule is C=CCC(CCCCCCCCCC)OC(=O)OC. The molecule has 19 heavy (non-hydrogen) atoms. The Labute approximate surface area is 118 Å². The van der Waals surface area contributed by atoms with Gasteiger partial charge in [-0.15, -0.1) is 6.58 Å². The van der Waals surface area contributed by atoms with Gasteiger partial charge in [-0.2, -0.15) is 0 Å². The van der Waals surface area contributed by atoms with Gasteiger partial charge in [0.05, 0.1) is 7.11 Å². The molecule has 0 N–H and O–H groups in total. The lowest BCUT2D eigenvalue weighted by Crippen LogP contribution is -2.17. The summed E-state index contributed by atoms with van der Waals surface area (Å²) in [5, 5.41) is 0. The molecule has 0 aromatic heterocycles. The Balaban J connectivity index is 3.52. The summed E-state index contributed by atoms with van der Waals surface area (Å²) in [7, 11) is 1.34. The summed E-state index contributed by atoms with van der Waals surface area (Å²) >= 11 is 0. The number of hydrogen-bond donors (Lipinski definition) is 0. The van der Waals surface area contributed by atoms with Crippen LogP contribution in [0.5, 0.6) is 0 Å². The number of unbranched alkanes of at least 4 members (excludes halogenated alkanes) is 7. The van der Waals surface area contributed by atoms with Gasteiger partial charge in [0, 0.05) is 6.42 Å². The minimum Gasteiger partial charge on any atom is -0.438 e. The van der Waals surface area contributed by atoms with Gasteiger partial charge >= 0.3 is 6.16 Å². The van der Waals surface area contributed by atoms with Crippen LogP contribution in [0.1, 0.15) is 71.1 Å². The first-order chi connectivity index (χ1) is 9.24. The number of carbonyl (C=O) groups is 1. The maximum atomic E-state index is 11.1. The normalized spacial score (nSPS) is 11.9. The van der Waals surface area contributed by atoms with E-state index in [1.54, 1.807) is 6.08 Å². The average Bonchev–Trinajstić information content (AvgIpc) is 2.41.